The molecule has 4 heteroatoms. The van der Waals surface area contributed by atoms with Gasteiger partial charge in [-0.1, -0.05) is 32.1 Å². The number of nitrogens with one attached hydrogen (secondary N) is 1. The Morgan fingerprint density at radius 2 is 1.83 bits per heavy atom. The van der Waals surface area contributed by atoms with Crippen LogP contribution in [0.3, 0.4) is 0 Å². The molecule has 4 nitrogen and oxygen atoms in total. The van der Waals surface area contributed by atoms with Crippen molar-refractivity contribution in [3.05, 3.63) is 0 Å². The third-order valence-corrected chi connectivity index (χ3v) is 4.73. The molecule has 104 valence electrons. The Hall–Kier alpha value is -0.610. The van der Waals surface area contributed by atoms with Crippen LogP contribution in [0.4, 0.5) is 0 Å². The largest absolute Gasteiger partial charge is 0.391 e. The van der Waals surface area contributed by atoms with Gasteiger partial charge in [-0.3, -0.25) is 4.79 Å². The highest BCUT2D eigenvalue weighted by molar-refractivity contribution is 5.83. The molecule has 4 N–H and O–H groups in total. The first-order valence-electron chi connectivity index (χ1n) is 7.37. The van der Waals surface area contributed by atoms with Crippen LogP contribution in [0, 0.1) is 5.41 Å². The van der Waals surface area contributed by atoms with Gasteiger partial charge in [0.25, 0.3) is 0 Å². The van der Waals surface area contributed by atoms with E-state index in [2.05, 4.69) is 5.32 Å². The molecule has 0 aromatic carbocycles. The maximum absolute atomic E-state index is 12.5. The molecular weight excluding hydrogens is 228 g/mol. The van der Waals surface area contributed by atoms with E-state index in [-0.39, 0.29) is 23.5 Å². The van der Waals surface area contributed by atoms with Gasteiger partial charge in [0.2, 0.25) is 5.91 Å². The van der Waals surface area contributed by atoms with Gasteiger partial charge in [0.05, 0.1) is 17.6 Å². The van der Waals surface area contributed by atoms with Crippen LogP contribution >= 0.6 is 0 Å². The first-order chi connectivity index (χ1) is 8.68. The minimum atomic E-state index is -0.374. The highest BCUT2D eigenvalue weighted by atomic mass is 16.3. The smallest absolute Gasteiger partial charge is 0.227 e. The molecule has 2 aliphatic rings. The van der Waals surface area contributed by atoms with E-state index >= 15 is 0 Å². The van der Waals surface area contributed by atoms with E-state index in [1.54, 1.807) is 0 Å². The van der Waals surface area contributed by atoms with Crippen LogP contribution in [-0.4, -0.2) is 29.7 Å². The SMILES string of the molecule is NCC1(C(=O)N[C@@H]2CCCC[C@H]2O)CCCCC1. The highest BCUT2D eigenvalue weighted by Gasteiger charge is 2.39. The minimum absolute atomic E-state index is 0.0587. The molecule has 0 saturated heterocycles. The van der Waals surface area contributed by atoms with Gasteiger partial charge >= 0.3 is 0 Å². The van der Waals surface area contributed by atoms with Crippen molar-refractivity contribution in [2.45, 2.75) is 69.9 Å². The zero-order valence-corrected chi connectivity index (χ0v) is 11.2. The number of aliphatic hydroxyl groups is 1. The van der Waals surface area contributed by atoms with Crippen LogP contribution in [0.25, 0.3) is 0 Å². The van der Waals surface area contributed by atoms with E-state index < -0.39 is 0 Å². The summed E-state index contributed by atoms with van der Waals surface area (Å²) in [7, 11) is 0. The van der Waals surface area contributed by atoms with E-state index in [1.807, 2.05) is 0 Å². The molecule has 0 heterocycles. The van der Waals surface area contributed by atoms with Gasteiger partial charge in [-0.25, -0.2) is 0 Å². The summed E-state index contributed by atoms with van der Waals surface area (Å²) in [5, 5.41) is 13.0. The molecular formula is C14H26N2O2. The maximum atomic E-state index is 12.5. The lowest BCUT2D eigenvalue weighted by Gasteiger charge is -2.37. The number of carbonyl (C=O) groups is 1. The molecule has 2 fully saturated rings. The molecule has 2 rings (SSSR count). The highest BCUT2D eigenvalue weighted by Crippen LogP contribution is 2.36. The summed E-state index contributed by atoms with van der Waals surface area (Å²) < 4.78 is 0. The summed E-state index contributed by atoms with van der Waals surface area (Å²) in [6.07, 6.45) is 8.69. The minimum Gasteiger partial charge on any atom is -0.391 e. The Bertz CT molecular complexity index is 288. The summed E-state index contributed by atoms with van der Waals surface area (Å²) in [4.78, 5) is 12.5. The summed E-state index contributed by atoms with van der Waals surface area (Å²) in [5.74, 6) is 0.0793. The van der Waals surface area contributed by atoms with Crippen molar-refractivity contribution in [3.63, 3.8) is 0 Å². The Morgan fingerprint density at radius 1 is 1.17 bits per heavy atom. The fourth-order valence-electron chi connectivity index (χ4n) is 3.35. The van der Waals surface area contributed by atoms with Crippen molar-refractivity contribution in [3.8, 4) is 0 Å². The van der Waals surface area contributed by atoms with E-state index in [4.69, 9.17) is 5.73 Å². The molecule has 0 aromatic rings. The monoisotopic (exact) mass is 254 g/mol. The molecule has 2 aliphatic carbocycles. The summed E-state index contributed by atoms with van der Waals surface area (Å²) in [5.41, 5.74) is 5.49. The van der Waals surface area contributed by atoms with Gasteiger partial charge in [0.1, 0.15) is 0 Å². The second-order valence-electron chi connectivity index (χ2n) is 5.98. The predicted octanol–water partition coefficient (Wildman–Crippen LogP) is 1.32. The first-order valence-corrected chi connectivity index (χ1v) is 7.37. The zero-order chi connectivity index (χ0) is 13.0. The Labute approximate surface area is 109 Å². The van der Waals surface area contributed by atoms with Gasteiger partial charge < -0.3 is 16.2 Å². The first kappa shape index (κ1) is 13.8. The van der Waals surface area contributed by atoms with Crippen molar-refractivity contribution in [1.29, 1.82) is 0 Å². The van der Waals surface area contributed by atoms with Crippen LogP contribution in [-0.2, 0) is 4.79 Å². The van der Waals surface area contributed by atoms with Gasteiger partial charge in [0, 0.05) is 6.54 Å². The molecule has 0 bridgehead atoms. The molecule has 0 aromatic heterocycles. The average molecular weight is 254 g/mol. The lowest BCUT2D eigenvalue weighted by Crippen LogP contribution is -2.53. The zero-order valence-electron chi connectivity index (χ0n) is 11.2. The quantitative estimate of drug-likeness (QED) is 0.711. The summed E-state index contributed by atoms with van der Waals surface area (Å²) >= 11 is 0. The van der Waals surface area contributed by atoms with Crippen molar-refractivity contribution in [1.82, 2.24) is 5.32 Å². The molecule has 1 amide bonds. The van der Waals surface area contributed by atoms with Crippen molar-refractivity contribution >= 4 is 5.91 Å². The Morgan fingerprint density at radius 3 is 2.44 bits per heavy atom. The number of aliphatic hydroxyl groups excluding tert-OH is 1. The van der Waals surface area contributed by atoms with Crippen molar-refractivity contribution in [2.75, 3.05) is 6.54 Å². The van der Waals surface area contributed by atoms with Crippen LogP contribution in [0.2, 0.25) is 0 Å². The van der Waals surface area contributed by atoms with Crippen molar-refractivity contribution in [2.24, 2.45) is 11.1 Å². The third-order valence-electron chi connectivity index (χ3n) is 4.73. The summed E-state index contributed by atoms with van der Waals surface area (Å²) in [6, 6.07) is -0.0587. The third kappa shape index (κ3) is 2.86. The Kier molecular flexibility index (Phi) is 4.62. The van der Waals surface area contributed by atoms with Gasteiger partial charge in [0.15, 0.2) is 0 Å². The topological polar surface area (TPSA) is 75.4 Å². The Balaban J connectivity index is 1.96. The molecule has 0 radical (unpaired) electrons. The normalized spacial score (nSPS) is 31.9. The standard InChI is InChI=1S/C14H26N2O2/c15-10-14(8-4-1-5-9-14)13(18)16-11-6-2-3-7-12(11)17/h11-12,17H,1-10,15H2,(H,16,18)/t11-,12-/m1/s1. The molecule has 2 saturated carbocycles. The van der Waals surface area contributed by atoms with Crippen LogP contribution in [0.15, 0.2) is 0 Å². The number of rotatable bonds is 3. The average Bonchev–Trinajstić information content (AvgIpc) is 2.42. The second kappa shape index (κ2) is 6.02. The number of carbonyl (C=O) groups excluding carboxylic acids is 1. The van der Waals surface area contributed by atoms with E-state index in [9.17, 15) is 9.90 Å². The fraction of sp³-hybridized carbons (Fsp3) is 0.929. The fourth-order valence-corrected chi connectivity index (χ4v) is 3.35. The number of hydrogen-bond donors (Lipinski definition) is 3. The number of amides is 1. The lowest BCUT2D eigenvalue weighted by atomic mass is 9.73. The predicted molar refractivity (Wildman–Crippen MR) is 71.0 cm³/mol. The van der Waals surface area contributed by atoms with E-state index in [1.165, 1.54) is 6.42 Å². The lowest BCUT2D eigenvalue weighted by molar-refractivity contribution is -0.134. The summed E-state index contributed by atoms with van der Waals surface area (Å²) in [6.45, 7) is 0.432. The number of hydrogen-bond acceptors (Lipinski definition) is 3. The van der Waals surface area contributed by atoms with Crippen molar-refractivity contribution < 1.29 is 9.90 Å². The molecule has 2 atom stereocenters. The maximum Gasteiger partial charge on any atom is 0.227 e. The molecule has 0 aliphatic heterocycles. The second-order valence-corrected chi connectivity index (χ2v) is 5.98. The van der Waals surface area contributed by atoms with E-state index in [0.717, 1.165) is 51.4 Å². The van der Waals surface area contributed by atoms with Crippen LogP contribution in [0.5, 0.6) is 0 Å². The number of nitrogens with two attached hydrogens (primary N) is 1. The van der Waals surface area contributed by atoms with Crippen LogP contribution in [0.1, 0.15) is 57.8 Å². The molecule has 0 spiro atoms. The van der Waals surface area contributed by atoms with Gasteiger partial charge in [-0.2, -0.15) is 0 Å². The molecule has 0 unspecified atom stereocenters. The van der Waals surface area contributed by atoms with Crippen LogP contribution < -0.4 is 11.1 Å². The molecule has 18 heavy (non-hydrogen) atoms. The van der Waals surface area contributed by atoms with Gasteiger partial charge in [-0.05, 0) is 25.7 Å². The van der Waals surface area contributed by atoms with Gasteiger partial charge in [-0.15, -0.1) is 0 Å². The van der Waals surface area contributed by atoms with E-state index in [0.29, 0.717) is 6.54 Å².